The maximum atomic E-state index is 12.7. The number of hydrogen-bond donors (Lipinski definition) is 1. The number of morpholine rings is 1. The van der Waals surface area contributed by atoms with E-state index in [1.807, 2.05) is 24.3 Å². The van der Waals surface area contributed by atoms with Gasteiger partial charge in [0.2, 0.25) is 0 Å². The van der Waals surface area contributed by atoms with Gasteiger partial charge in [0, 0.05) is 53.8 Å². The molecule has 0 bridgehead atoms. The Morgan fingerprint density at radius 3 is 2.42 bits per heavy atom. The van der Waals surface area contributed by atoms with E-state index in [4.69, 9.17) is 10.5 Å². The summed E-state index contributed by atoms with van der Waals surface area (Å²) in [6, 6.07) is 9.44. The SMILES string of the molecule is NCCN1C(=O)c2cccc3c(N4CCOCC4)ccc(c23)C1=O. The summed E-state index contributed by atoms with van der Waals surface area (Å²) in [4.78, 5) is 28.9. The van der Waals surface area contributed by atoms with Gasteiger partial charge in [0.15, 0.2) is 0 Å². The number of benzene rings is 2. The maximum absolute atomic E-state index is 12.7. The van der Waals surface area contributed by atoms with E-state index in [9.17, 15) is 9.59 Å². The molecule has 2 aliphatic heterocycles. The van der Waals surface area contributed by atoms with Gasteiger partial charge in [-0.25, -0.2) is 0 Å². The fourth-order valence-electron chi connectivity index (χ4n) is 3.54. The lowest BCUT2D eigenvalue weighted by Gasteiger charge is -2.32. The molecule has 0 aromatic heterocycles. The number of imide groups is 1. The van der Waals surface area contributed by atoms with Gasteiger partial charge in [-0.3, -0.25) is 14.5 Å². The molecule has 6 nitrogen and oxygen atoms in total. The molecule has 0 atom stereocenters. The zero-order chi connectivity index (χ0) is 16.7. The zero-order valence-corrected chi connectivity index (χ0v) is 13.3. The minimum Gasteiger partial charge on any atom is -0.378 e. The van der Waals surface area contributed by atoms with Crippen LogP contribution in [0.1, 0.15) is 20.7 Å². The quantitative estimate of drug-likeness (QED) is 0.859. The van der Waals surface area contributed by atoms with Gasteiger partial charge < -0.3 is 15.4 Å². The first-order valence-corrected chi connectivity index (χ1v) is 8.17. The number of hydrogen-bond acceptors (Lipinski definition) is 5. The minimum atomic E-state index is -0.261. The van der Waals surface area contributed by atoms with Crippen molar-refractivity contribution in [3.05, 3.63) is 41.5 Å². The van der Waals surface area contributed by atoms with Crippen molar-refractivity contribution in [2.24, 2.45) is 5.73 Å². The van der Waals surface area contributed by atoms with Crippen LogP contribution in [0.15, 0.2) is 30.3 Å². The van der Waals surface area contributed by atoms with Gasteiger partial charge in [-0.1, -0.05) is 12.1 Å². The molecular formula is C18H19N3O3. The Morgan fingerprint density at radius 2 is 1.71 bits per heavy atom. The third-order valence-corrected chi connectivity index (χ3v) is 4.67. The molecule has 0 spiro atoms. The fourth-order valence-corrected chi connectivity index (χ4v) is 3.54. The molecule has 0 saturated carbocycles. The summed E-state index contributed by atoms with van der Waals surface area (Å²) in [5, 5.41) is 1.70. The molecule has 6 heteroatoms. The van der Waals surface area contributed by atoms with Crippen molar-refractivity contribution >= 4 is 28.3 Å². The van der Waals surface area contributed by atoms with Crippen LogP contribution in [0.5, 0.6) is 0 Å². The van der Waals surface area contributed by atoms with E-state index in [0.717, 1.165) is 29.5 Å². The second-order valence-corrected chi connectivity index (χ2v) is 6.01. The van der Waals surface area contributed by atoms with Crippen molar-refractivity contribution < 1.29 is 14.3 Å². The topological polar surface area (TPSA) is 75.9 Å². The lowest BCUT2D eigenvalue weighted by molar-refractivity contribution is 0.0615. The monoisotopic (exact) mass is 325 g/mol. The highest BCUT2D eigenvalue weighted by Gasteiger charge is 2.33. The lowest BCUT2D eigenvalue weighted by atomic mass is 9.92. The summed E-state index contributed by atoms with van der Waals surface area (Å²) in [6.07, 6.45) is 0. The Morgan fingerprint density at radius 1 is 1.00 bits per heavy atom. The zero-order valence-electron chi connectivity index (χ0n) is 13.3. The molecule has 2 amide bonds. The van der Waals surface area contributed by atoms with E-state index < -0.39 is 0 Å². The van der Waals surface area contributed by atoms with E-state index in [1.165, 1.54) is 4.90 Å². The van der Waals surface area contributed by atoms with E-state index >= 15 is 0 Å². The number of amides is 2. The molecule has 0 aliphatic carbocycles. The van der Waals surface area contributed by atoms with E-state index in [-0.39, 0.29) is 24.9 Å². The number of rotatable bonds is 3. The van der Waals surface area contributed by atoms with E-state index in [2.05, 4.69) is 4.90 Å². The smallest absolute Gasteiger partial charge is 0.261 e. The summed E-state index contributed by atoms with van der Waals surface area (Å²) in [5.74, 6) is -0.523. The van der Waals surface area contributed by atoms with Crippen LogP contribution in [0.25, 0.3) is 10.8 Å². The van der Waals surface area contributed by atoms with E-state index in [1.54, 1.807) is 6.07 Å². The van der Waals surface area contributed by atoms with Crippen LogP contribution in [0.3, 0.4) is 0 Å². The number of nitrogens with zero attached hydrogens (tertiary/aromatic N) is 2. The summed E-state index contributed by atoms with van der Waals surface area (Å²) in [5.41, 5.74) is 7.76. The Labute approximate surface area is 139 Å². The second-order valence-electron chi connectivity index (χ2n) is 6.01. The standard InChI is InChI=1S/C18H19N3O3/c19-6-7-21-17(22)13-3-1-2-12-15(20-8-10-24-11-9-20)5-4-14(16(12)13)18(21)23/h1-5H,6-11,19H2. The van der Waals surface area contributed by atoms with Crippen LogP contribution in [0, 0.1) is 0 Å². The predicted octanol–water partition coefficient (Wildman–Crippen LogP) is 1.23. The number of ether oxygens (including phenoxy) is 1. The van der Waals surface area contributed by atoms with Crippen LogP contribution < -0.4 is 10.6 Å². The molecule has 124 valence electrons. The molecule has 0 radical (unpaired) electrons. The molecule has 0 unspecified atom stereocenters. The molecule has 2 heterocycles. The summed E-state index contributed by atoms with van der Waals surface area (Å²) in [7, 11) is 0. The summed E-state index contributed by atoms with van der Waals surface area (Å²) < 4.78 is 5.42. The van der Waals surface area contributed by atoms with E-state index in [0.29, 0.717) is 24.3 Å². The number of carbonyl (C=O) groups excluding carboxylic acids is 2. The first-order valence-electron chi connectivity index (χ1n) is 8.17. The molecule has 2 N–H and O–H groups in total. The largest absolute Gasteiger partial charge is 0.378 e. The lowest BCUT2D eigenvalue weighted by Crippen LogP contribution is -2.43. The average Bonchev–Trinajstić information content (AvgIpc) is 2.63. The van der Waals surface area contributed by atoms with Crippen LogP contribution in [-0.2, 0) is 4.74 Å². The molecule has 2 aromatic carbocycles. The van der Waals surface area contributed by atoms with Gasteiger partial charge in [0.25, 0.3) is 11.8 Å². The van der Waals surface area contributed by atoms with Crippen LogP contribution >= 0.6 is 0 Å². The third-order valence-electron chi connectivity index (χ3n) is 4.67. The van der Waals surface area contributed by atoms with Crippen molar-refractivity contribution in [2.45, 2.75) is 0 Å². The Bertz CT molecular complexity index is 805. The highest BCUT2D eigenvalue weighted by Crippen LogP contribution is 2.36. The molecule has 1 saturated heterocycles. The van der Waals surface area contributed by atoms with Crippen molar-refractivity contribution in [1.29, 1.82) is 0 Å². The highest BCUT2D eigenvalue weighted by atomic mass is 16.5. The van der Waals surface area contributed by atoms with Gasteiger partial charge in [-0.15, -0.1) is 0 Å². The summed E-state index contributed by atoms with van der Waals surface area (Å²) in [6.45, 7) is 3.48. The summed E-state index contributed by atoms with van der Waals surface area (Å²) >= 11 is 0. The first kappa shape index (κ1) is 15.1. The van der Waals surface area contributed by atoms with Crippen molar-refractivity contribution in [2.75, 3.05) is 44.3 Å². The molecule has 4 rings (SSSR count). The van der Waals surface area contributed by atoms with Gasteiger partial charge in [-0.05, 0) is 18.2 Å². The maximum Gasteiger partial charge on any atom is 0.261 e. The first-order chi connectivity index (χ1) is 11.7. The molecular weight excluding hydrogens is 306 g/mol. The molecule has 2 aliphatic rings. The minimum absolute atomic E-state index is 0.235. The molecule has 1 fully saturated rings. The Hall–Kier alpha value is -2.44. The van der Waals surface area contributed by atoms with Crippen LogP contribution in [0.2, 0.25) is 0 Å². The number of nitrogens with two attached hydrogens (primary N) is 1. The van der Waals surface area contributed by atoms with Crippen molar-refractivity contribution in [3.63, 3.8) is 0 Å². The number of anilines is 1. The Kier molecular flexibility index (Phi) is 3.70. The molecule has 24 heavy (non-hydrogen) atoms. The highest BCUT2D eigenvalue weighted by molar-refractivity contribution is 6.26. The number of carbonyl (C=O) groups is 2. The van der Waals surface area contributed by atoms with Gasteiger partial charge in [0.1, 0.15) is 0 Å². The van der Waals surface area contributed by atoms with Gasteiger partial charge in [-0.2, -0.15) is 0 Å². The van der Waals surface area contributed by atoms with Crippen LogP contribution in [-0.4, -0.2) is 56.1 Å². The normalized spacial score (nSPS) is 17.7. The van der Waals surface area contributed by atoms with Crippen LogP contribution in [0.4, 0.5) is 5.69 Å². The average molecular weight is 325 g/mol. The fraction of sp³-hybridized carbons (Fsp3) is 0.333. The van der Waals surface area contributed by atoms with Gasteiger partial charge >= 0.3 is 0 Å². The second kappa shape index (κ2) is 5.89. The van der Waals surface area contributed by atoms with Crippen molar-refractivity contribution in [3.8, 4) is 0 Å². The molecule has 2 aromatic rings. The third kappa shape index (κ3) is 2.18. The predicted molar refractivity (Wildman–Crippen MR) is 91.4 cm³/mol. The van der Waals surface area contributed by atoms with Crippen molar-refractivity contribution in [1.82, 2.24) is 4.90 Å². The Balaban J connectivity index is 1.90. The van der Waals surface area contributed by atoms with Gasteiger partial charge in [0.05, 0.1) is 13.2 Å².